The predicted octanol–water partition coefficient (Wildman–Crippen LogP) is 1.63. The smallest absolute Gasteiger partial charge is 0.218 e. The molecule has 2 rings (SSSR count). The largest absolute Gasteiger partial charge is 0.252 e. The molecule has 0 fully saturated rings. The molecule has 0 atom stereocenters. The lowest BCUT2D eigenvalue weighted by Gasteiger charge is -1.88. The Kier molecular flexibility index (Phi) is 1.98. The number of halogens is 2. The molecular weight excluding hydrogens is 243 g/mol. The first kappa shape index (κ1) is 7.94. The lowest BCUT2D eigenvalue weighted by atomic mass is 10.7. The first-order chi connectivity index (χ1) is 5.79. The van der Waals surface area contributed by atoms with E-state index in [1.165, 1.54) is 0 Å². The molecule has 0 aliphatic rings. The van der Waals surface area contributed by atoms with Gasteiger partial charge in [-0.3, -0.25) is 0 Å². The van der Waals surface area contributed by atoms with Crippen LogP contribution in [0.25, 0.3) is 5.78 Å². The Labute approximate surface area is 81.7 Å². The molecule has 0 radical (unpaired) electrons. The lowest BCUT2D eigenvalue weighted by molar-refractivity contribution is 0.905. The molecule has 0 aliphatic carbocycles. The van der Waals surface area contributed by atoms with Crippen molar-refractivity contribution in [1.29, 1.82) is 0 Å². The van der Waals surface area contributed by atoms with Crippen molar-refractivity contribution >= 4 is 33.3 Å². The minimum Gasteiger partial charge on any atom is -0.218 e. The van der Waals surface area contributed by atoms with Crippen LogP contribution in [0.3, 0.4) is 0 Å². The zero-order valence-corrected chi connectivity index (χ0v) is 8.25. The average molecular weight is 247 g/mol. The number of fused-ring (bicyclic) bond motifs is 1. The highest BCUT2D eigenvalue weighted by Crippen LogP contribution is 2.08. The summed E-state index contributed by atoms with van der Waals surface area (Å²) in [6, 6.07) is 0. The third-order valence-electron chi connectivity index (χ3n) is 1.33. The van der Waals surface area contributed by atoms with Crippen molar-refractivity contribution in [3.05, 3.63) is 22.7 Å². The van der Waals surface area contributed by atoms with Gasteiger partial charge in [-0.1, -0.05) is 0 Å². The number of nitrogens with zero attached hydrogens (tertiary/aromatic N) is 4. The maximum absolute atomic E-state index is 5.56. The Morgan fingerprint density at radius 2 is 2.42 bits per heavy atom. The summed E-state index contributed by atoms with van der Waals surface area (Å²) in [5.74, 6) is 1.46. The van der Waals surface area contributed by atoms with Crippen LogP contribution >= 0.6 is 27.5 Å². The second kappa shape index (κ2) is 2.99. The van der Waals surface area contributed by atoms with E-state index < -0.39 is 0 Å². The van der Waals surface area contributed by atoms with Crippen molar-refractivity contribution in [2.45, 2.75) is 5.88 Å². The van der Waals surface area contributed by atoms with E-state index >= 15 is 0 Å². The summed E-state index contributed by atoms with van der Waals surface area (Å²) in [7, 11) is 0. The minimum atomic E-state index is 0.307. The number of hydrogen-bond acceptors (Lipinski definition) is 3. The van der Waals surface area contributed by atoms with E-state index in [0.717, 1.165) is 4.47 Å². The highest BCUT2D eigenvalue weighted by atomic mass is 79.9. The van der Waals surface area contributed by atoms with Gasteiger partial charge in [-0.15, -0.1) is 16.7 Å². The molecule has 62 valence electrons. The third kappa shape index (κ3) is 1.30. The Hall–Kier alpha value is -0.680. The van der Waals surface area contributed by atoms with Gasteiger partial charge in [0.1, 0.15) is 0 Å². The zero-order valence-electron chi connectivity index (χ0n) is 5.91. The molecule has 6 heteroatoms. The van der Waals surface area contributed by atoms with Crippen molar-refractivity contribution in [2.24, 2.45) is 0 Å². The van der Waals surface area contributed by atoms with Crippen molar-refractivity contribution in [3.63, 3.8) is 0 Å². The van der Waals surface area contributed by atoms with Gasteiger partial charge in [0, 0.05) is 12.4 Å². The van der Waals surface area contributed by atoms with Crippen LogP contribution in [0, 0.1) is 0 Å². The van der Waals surface area contributed by atoms with Crippen LogP contribution in [-0.2, 0) is 5.88 Å². The van der Waals surface area contributed by atoms with Crippen molar-refractivity contribution in [3.8, 4) is 0 Å². The van der Waals surface area contributed by atoms with Gasteiger partial charge in [0.15, 0.2) is 5.82 Å². The molecule has 2 aromatic heterocycles. The summed E-state index contributed by atoms with van der Waals surface area (Å²) >= 11 is 8.84. The van der Waals surface area contributed by atoms with Gasteiger partial charge in [-0.2, -0.15) is 4.98 Å². The molecular formula is C6H4BrClN4. The van der Waals surface area contributed by atoms with Gasteiger partial charge in [-0.05, 0) is 15.9 Å². The SMILES string of the molecule is ClCc1nc2ncc(Br)cn2n1. The number of alkyl halides is 1. The van der Waals surface area contributed by atoms with Gasteiger partial charge in [0.2, 0.25) is 0 Å². The number of aromatic nitrogens is 4. The fraction of sp³-hybridized carbons (Fsp3) is 0.167. The molecule has 12 heavy (non-hydrogen) atoms. The van der Waals surface area contributed by atoms with Crippen LogP contribution in [0.4, 0.5) is 0 Å². The van der Waals surface area contributed by atoms with Crippen molar-refractivity contribution < 1.29 is 0 Å². The number of rotatable bonds is 1. The second-order valence-corrected chi connectivity index (χ2v) is 3.36. The van der Waals surface area contributed by atoms with Crippen LogP contribution in [0.2, 0.25) is 0 Å². The molecule has 0 aliphatic heterocycles. The molecule has 0 N–H and O–H groups in total. The summed E-state index contributed by atoms with van der Waals surface area (Å²) in [6.07, 6.45) is 3.45. The number of hydrogen-bond donors (Lipinski definition) is 0. The molecule has 2 aromatic rings. The zero-order chi connectivity index (χ0) is 8.55. The van der Waals surface area contributed by atoms with Gasteiger partial charge in [0.25, 0.3) is 5.78 Å². The van der Waals surface area contributed by atoms with Crippen LogP contribution in [0.15, 0.2) is 16.9 Å². The molecule has 0 aromatic carbocycles. The molecule has 0 saturated heterocycles. The summed E-state index contributed by atoms with van der Waals surface area (Å²) in [6.45, 7) is 0. The van der Waals surface area contributed by atoms with Crippen LogP contribution in [0.5, 0.6) is 0 Å². The third-order valence-corrected chi connectivity index (χ3v) is 1.97. The standard InChI is InChI=1S/C6H4BrClN4/c7-4-2-9-6-10-5(1-8)11-12(6)3-4/h2-3H,1H2. The Bertz CT molecular complexity index is 413. The monoisotopic (exact) mass is 246 g/mol. The maximum atomic E-state index is 5.56. The molecule has 0 unspecified atom stereocenters. The van der Waals surface area contributed by atoms with E-state index in [1.807, 2.05) is 0 Å². The Balaban J connectivity index is 2.67. The van der Waals surface area contributed by atoms with Gasteiger partial charge < -0.3 is 0 Å². The Morgan fingerprint density at radius 3 is 3.17 bits per heavy atom. The van der Waals surface area contributed by atoms with Crippen LogP contribution in [-0.4, -0.2) is 19.6 Å². The molecule has 0 amide bonds. The molecule has 4 nitrogen and oxygen atoms in total. The average Bonchev–Trinajstić information content (AvgIpc) is 2.46. The van der Waals surface area contributed by atoms with Crippen molar-refractivity contribution in [2.75, 3.05) is 0 Å². The maximum Gasteiger partial charge on any atom is 0.252 e. The topological polar surface area (TPSA) is 43.1 Å². The van der Waals surface area contributed by atoms with E-state index in [1.54, 1.807) is 16.9 Å². The van der Waals surface area contributed by atoms with Crippen molar-refractivity contribution in [1.82, 2.24) is 19.6 Å². The molecule has 2 heterocycles. The van der Waals surface area contributed by atoms with E-state index in [9.17, 15) is 0 Å². The molecule has 0 spiro atoms. The summed E-state index contributed by atoms with van der Waals surface area (Å²) < 4.78 is 2.45. The normalized spacial score (nSPS) is 10.8. The first-order valence-corrected chi connectivity index (χ1v) is 4.55. The highest BCUT2D eigenvalue weighted by Gasteiger charge is 2.02. The summed E-state index contributed by atoms with van der Waals surface area (Å²) in [4.78, 5) is 8.09. The van der Waals surface area contributed by atoms with E-state index in [2.05, 4.69) is 31.0 Å². The minimum absolute atomic E-state index is 0.307. The van der Waals surface area contributed by atoms with Crippen LogP contribution < -0.4 is 0 Å². The lowest BCUT2D eigenvalue weighted by Crippen LogP contribution is -1.89. The van der Waals surface area contributed by atoms with E-state index in [4.69, 9.17) is 11.6 Å². The van der Waals surface area contributed by atoms with Gasteiger partial charge in [-0.25, -0.2) is 9.50 Å². The van der Waals surface area contributed by atoms with E-state index in [-0.39, 0.29) is 0 Å². The highest BCUT2D eigenvalue weighted by molar-refractivity contribution is 9.10. The second-order valence-electron chi connectivity index (χ2n) is 2.18. The van der Waals surface area contributed by atoms with E-state index in [0.29, 0.717) is 17.5 Å². The van der Waals surface area contributed by atoms with Gasteiger partial charge in [0.05, 0.1) is 10.4 Å². The first-order valence-electron chi connectivity index (χ1n) is 3.22. The quantitative estimate of drug-likeness (QED) is 0.719. The van der Waals surface area contributed by atoms with Crippen LogP contribution in [0.1, 0.15) is 5.82 Å². The van der Waals surface area contributed by atoms with Gasteiger partial charge >= 0.3 is 0 Å². The Morgan fingerprint density at radius 1 is 1.58 bits per heavy atom. The summed E-state index contributed by atoms with van der Waals surface area (Å²) in [5.41, 5.74) is 0. The molecule has 0 bridgehead atoms. The molecule has 0 saturated carbocycles. The fourth-order valence-corrected chi connectivity index (χ4v) is 1.27. The summed E-state index contributed by atoms with van der Waals surface area (Å²) in [5, 5.41) is 4.07. The fourth-order valence-electron chi connectivity index (χ4n) is 0.859. The predicted molar refractivity (Wildman–Crippen MR) is 48.0 cm³/mol.